The van der Waals surface area contributed by atoms with Crippen LogP contribution in [0.4, 0.5) is 0 Å². The van der Waals surface area contributed by atoms with Gasteiger partial charge in [0.15, 0.2) is 5.13 Å². The number of fused-ring (bicyclic) bond motifs is 12. The summed E-state index contributed by atoms with van der Waals surface area (Å²) in [5, 5.41) is 8.34. The van der Waals surface area contributed by atoms with Crippen LogP contribution in [-0.4, -0.2) is 9.55 Å². The zero-order valence-electron chi connectivity index (χ0n) is 22.2. The number of rotatable bonds is 2. The van der Waals surface area contributed by atoms with E-state index in [0.717, 1.165) is 48.4 Å². The molecular formula is C37H20N2OS2. The first kappa shape index (κ1) is 22.7. The van der Waals surface area contributed by atoms with E-state index < -0.39 is 0 Å². The molecule has 0 N–H and O–H groups in total. The maximum Gasteiger partial charge on any atom is 0.195 e. The highest BCUT2D eigenvalue weighted by Crippen LogP contribution is 2.46. The minimum absolute atomic E-state index is 0.885. The van der Waals surface area contributed by atoms with Crippen LogP contribution in [0.5, 0.6) is 0 Å². The largest absolute Gasteiger partial charge is 0.455 e. The molecule has 0 aliphatic rings. The Morgan fingerprint density at radius 2 is 1.31 bits per heavy atom. The highest BCUT2D eigenvalue weighted by atomic mass is 32.1. The molecule has 0 unspecified atom stereocenters. The fourth-order valence-electron chi connectivity index (χ4n) is 6.67. The fourth-order valence-corrected chi connectivity index (χ4v) is 8.83. The van der Waals surface area contributed by atoms with Gasteiger partial charge in [-0.25, -0.2) is 4.98 Å². The quantitative estimate of drug-likeness (QED) is 0.206. The van der Waals surface area contributed by atoms with Crippen molar-refractivity contribution in [2.24, 2.45) is 0 Å². The molecule has 3 nitrogen and oxygen atoms in total. The van der Waals surface area contributed by atoms with Crippen molar-refractivity contribution in [1.29, 1.82) is 0 Å². The van der Waals surface area contributed by atoms with Crippen molar-refractivity contribution in [1.82, 2.24) is 9.55 Å². The summed E-state index contributed by atoms with van der Waals surface area (Å²) in [6.45, 7) is 0. The van der Waals surface area contributed by atoms with Gasteiger partial charge in [-0.2, -0.15) is 0 Å². The van der Waals surface area contributed by atoms with E-state index in [9.17, 15) is 0 Å². The molecule has 4 aromatic heterocycles. The van der Waals surface area contributed by atoms with Gasteiger partial charge < -0.3 is 4.42 Å². The van der Waals surface area contributed by atoms with Crippen LogP contribution in [0.25, 0.3) is 90.4 Å². The van der Waals surface area contributed by atoms with Crippen LogP contribution >= 0.6 is 22.7 Å². The van der Waals surface area contributed by atoms with E-state index >= 15 is 0 Å². The van der Waals surface area contributed by atoms with E-state index in [4.69, 9.17) is 9.40 Å². The third-order valence-electron chi connectivity index (χ3n) is 8.45. The Morgan fingerprint density at radius 1 is 0.548 bits per heavy atom. The topological polar surface area (TPSA) is 31.0 Å². The van der Waals surface area contributed by atoms with Gasteiger partial charge in [0.1, 0.15) is 11.2 Å². The normalized spacial score (nSPS) is 12.3. The monoisotopic (exact) mass is 572 g/mol. The molecule has 10 aromatic rings. The van der Waals surface area contributed by atoms with Gasteiger partial charge in [0.2, 0.25) is 0 Å². The SMILES string of the molecule is c1ccc(-c2cc3sc(-n4c5ccccc5c5c6c(ccc54)sc4ccccc46)nc3c3c2oc2ccccc23)cc1. The second-order valence-electron chi connectivity index (χ2n) is 10.7. The van der Waals surface area contributed by atoms with E-state index in [1.54, 1.807) is 11.3 Å². The Balaban J connectivity index is 1.35. The molecule has 0 bridgehead atoms. The highest BCUT2D eigenvalue weighted by molar-refractivity contribution is 7.26. The summed E-state index contributed by atoms with van der Waals surface area (Å²) >= 11 is 3.61. The van der Waals surface area contributed by atoms with E-state index in [0.29, 0.717) is 0 Å². The summed E-state index contributed by atoms with van der Waals surface area (Å²) in [5.74, 6) is 0. The summed E-state index contributed by atoms with van der Waals surface area (Å²) in [6, 6.07) is 43.1. The lowest BCUT2D eigenvalue weighted by Gasteiger charge is -2.03. The molecule has 4 heterocycles. The first-order valence-corrected chi connectivity index (χ1v) is 15.6. The molecule has 42 heavy (non-hydrogen) atoms. The van der Waals surface area contributed by atoms with Gasteiger partial charge in [0.05, 0.1) is 26.6 Å². The molecule has 0 radical (unpaired) electrons. The van der Waals surface area contributed by atoms with Gasteiger partial charge in [-0.1, -0.05) is 96.3 Å². The molecule has 0 saturated carbocycles. The van der Waals surface area contributed by atoms with E-state index in [1.807, 2.05) is 23.5 Å². The molecule has 5 heteroatoms. The van der Waals surface area contributed by atoms with Crippen molar-refractivity contribution in [2.45, 2.75) is 0 Å². The van der Waals surface area contributed by atoms with Crippen LogP contribution in [0.15, 0.2) is 126 Å². The molecule has 0 amide bonds. The lowest BCUT2D eigenvalue weighted by atomic mass is 10.0. The van der Waals surface area contributed by atoms with Crippen LogP contribution < -0.4 is 0 Å². The summed E-state index contributed by atoms with van der Waals surface area (Å²) in [6.07, 6.45) is 0. The third kappa shape index (κ3) is 2.96. The van der Waals surface area contributed by atoms with Gasteiger partial charge in [0.25, 0.3) is 0 Å². The number of thiophene rings is 1. The van der Waals surface area contributed by atoms with Crippen LogP contribution in [0, 0.1) is 0 Å². The minimum Gasteiger partial charge on any atom is -0.455 e. The van der Waals surface area contributed by atoms with Crippen molar-refractivity contribution in [2.75, 3.05) is 0 Å². The highest BCUT2D eigenvalue weighted by Gasteiger charge is 2.22. The Morgan fingerprint density at radius 3 is 2.21 bits per heavy atom. The molecule has 10 rings (SSSR count). The van der Waals surface area contributed by atoms with E-state index in [1.165, 1.54) is 42.0 Å². The summed E-state index contributed by atoms with van der Waals surface area (Å²) in [4.78, 5) is 5.39. The first-order valence-electron chi connectivity index (χ1n) is 14.0. The number of hydrogen-bond donors (Lipinski definition) is 0. The third-order valence-corrected chi connectivity index (χ3v) is 10.6. The van der Waals surface area contributed by atoms with Crippen molar-refractivity contribution < 1.29 is 4.42 Å². The maximum atomic E-state index is 6.53. The summed E-state index contributed by atoms with van der Waals surface area (Å²) in [5.41, 5.74) is 7.35. The predicted molar refractivity (Wildman–Crippen MR) is 180 cm³/mol. The van der Waals surface area contributed by atoms with Gasteiger partial charge in [-0.05, 0) is 42.0 Å². The Hall–Kier alpha value is -4.97. The van der Waals surface area contributed by atoms with Gasteiger partial charge >= 0.3 is 0 Å². The maximum absolute atomic E-state index is 6.53. The van der Waals surface area contributed by atoms with Crippen LogP contribution in [0.3, 0.4) is 0 Å². The molecular weight excluding hydrogens is 553 g/mol. The second-order valence-corrected chi connectivity index (χ2v) is 12.8. The fraction of sp³-hybridized carbons (Fsp3) is 0. The summed E-state index contributed by atoms with van der Waals surface area (Å²) < 4.78 is 12.7. The van der Waals surface area contributed by atoms with Crippen LogP contribution in [0.2, 0.25) is 0 Å². The second kappa shape index (κ2) is 8.29. The molecule has 0 saturated heterocycles. The first-order chi connectivity index (χ1) is 20.8. The molecule has 196 valence electrons. The molecule has 0 aliphatic carbocycles. The number of furan rings is 1. The van der Waals surface area contributed by atoms with Gasteiger partial charge in [-0.3, -0.25) is 4.57 Å². The number of benzene rings is 6. The Kier molecular flexibility index (Phi) is 4.48. The zero-order valence-corrected chi connectivity index (χ0v) is 23.8. The van der Waals surface area contributed by atoms with Crippen molar-refractivity contribution in [3.05, 3.63) is 121 Å². The van der Waals surface area contributed by atoms with Crippen LogP contribution in [-0.2, 0) is 0 Å². The number of aromatic nitrogens is 2. The number of hydrogen-bond acceptors (Lipinski definition) is 4. The minimum atomic E-state index is 0.885. The number of para-hydroxylation sites is 2. The summed E-state index contributed by atoms with van der Waals surface area (Å²) in [7, 11) is 0. The molecule has 0 aliphatic heterocycles. The predicted octanol–water partition coefficient (Wildman–Crippen LogP) is 11.3. The average molecular weight is 573 g/mol. The number of nitrogens with zero attached hydrogens (tertiary/aromatic N) is 2. The molecule has 0 fully saturated rings. The van der Waals surface area contributed by atoms with Crippen LogP contribution in [0.1, 0.15) is 0 Å². The molecule has 6 aromatic carbocycles. The van der Waals surface area contributed by atoms with Gasteiger partial charge in [0, 0.05) is 41.9 Å². The smallest absolute Gasteiger partial charge is 0.195 e. The molecule has 0 atom stereocenters. The standard InChI is InChI=1S/C37H20N2OS2/c1-2-10-21(11-3-1)25-20-31-35(34-23-13-5-8-16-28(23)40-36(25)34)38-37(42-31)39-26-15-7-4-12-22(26)32-27(39)18-19-30-33(32)24-14-6-9-17-29(24)41-30/h1-20H. The lowest BCUT2D eigenvalue weighted by molar-refractivity contribution is 0.670. The van der Waals surface area contributed by atoms with E-state index in [-0.39, 0.29) is 0 Å². The zero-order chi connectivity index (χ0) is 27.4. The Bertz CT molecular complexity index is 2690. The van der Waals surface area contributed by atoms with E-state index in [2.05, 4.69) is 114 Å². The Labute approximate surface area is 247 Å². The average Bonchev–Trinajstić information content (AvgIpc) is 3.80. The number of thiazole rings is 1. The molecule has 0 spiro atoms. The lowest BCUT2D eigenvalue weighted by Crippen LogP contribution is -1.92. The van der Waals surface area contributed by atoms with Crippen molar-refractivity contribution >= 4 is 96.8 Å². The van der Waals surface area contributed by atoms with Crippen molar-refractivity contribution in [3.63, 3.8) is 0 Å². The van der Waals surface area contributed by atoms with Gasteiger partial charge in [-0.15, -0.1) is 11.3 Å². The van der Waals surface area contributed by atoms with Crippen molar-refractivity contribution in [3.8, 4) is 16.3 Å².